The molecule has 0 fully saturated rings. The highest BCUT2D eigenvalue weighted by Gasteiger charge is 2.16. The van der Waals surface area contributed by atoms with Crippen LogP contribution in [-0.4, -0.2) is 17.2 Å². The quantitative estimate of drug-likeness (QED) is 0.594. The molecule has 3 nitrogen and oxygen atoms in total. The minimum atomic E-state index is -0.282. The topological polar surface area (TPSA) is 49.7 Å². The fraction of sp³-hybridized carbons (Fsp3) is 0. The van der Waals surface area contributed by atoms with E-state index in [2.05, 4.69) is 4.99 Å². The predicted octanol–water partition coefficient (Wildman–Crippen LogP) is 0.965. The van der Waals surface area contributed by atoms with Gasteiger partial charge < -0.3 is 5.11 Å². The van der Waals surface area contributed by atoms with Gasteiger partial charge in [0.25, 0.3) is 5.91 Å². The maximum Gasteiger partial charge on any atom is 0.277 e. The smallest absolute Gasteiger partial charge is 0.277 e. The van der Waals surface area contributed by atoms with E-state index in [1.54, 1.807) is 12.1 Å². The van der Waals surface area contributed by atoms with Gasteiger partial charge in [-0.2, -0.15) is 0 Å². The first-order valence-electron chi connectivity index (χ1n) is 3.19. The van der Waals surface area contributed by atoms with Gasteiger partial charge in [0.2, 0.25) is 0 Å². The molecule has 0 radical (unpaired) electrons. The van der Waals surface area contributed by atoms with Gasteiger partial charge in [0, 0.05) is 11.8 Å². The van der Waals surface area contributed by atoms with Crippen molar-refractivity contribution in [2.45, 2.75) is 0 Å². The highest BCUT2D eigenvalue weighted by molar-refractivity contribution is 6.14. The molecule has 2 rings (SSSR count). The number of aromatic hydroxyl groups is 1. The minimum absolute atomic E-state index is 0.108. The summed E-state index contributed by atoms with van der Waals surface area (Å²) in [5, 5.41) is 9.21. The normalized spacial score (nSPS) is 13.6. The van der Waals surface area contributed by atoms with Crippen LogP contribution >= 0.6 is 0 Å². The Morgan fingerprint density at radius 1 is 1.36 bits per heavy atom. The maximum atomic E-state index is 10.9. The number of phenols is 1. The van der Waals surface area contributed by atoms with Crippen LogP contribution in [0.4, 0.5) is 0 Å². The average Bonchev–Trinajstić information content (AvgIpc) is 2.35. The molecule has 1 heterocycles. The lowest BCUT2D eigenvalue weighted by molar-refractivity contribution is 0.101. The lowest BCUT2D eigenvalue weighted by atomic mass is 10.1. The van der Waals surface area contributed by atoms with E-state index in [9.17, 15) is 9.90 Å². The molecule has 11 heavy (non-hydrogen) atoms. The zero-order chi connectivity index (χ0) is 7.84. The van der Waals surface area contributed by atoms with Crippen molar-refractivity contribution in [3.63, 3.8) is 0 Å². The predicted molar refractivity (Wildman–Crippen MR) is 40.0 cm³/mol. The Bertz CT molecular complexity index is 355. The van der Waals surface area contributed by atoms with E-state index in [0.29, 0.717) is 11.1 Å². The van der Waals surface area contributed by atoms with Crippen LogP contribution in [-0.2, 0) is 0 Å². The summed E-state index contributed by atoms with van der Waals surface area (Å²) in [7, 11) is 0. The number of aliphatic imine (C=N–C) groups is 1. The van der Waals surface area contributed by atoms with Crippen LogP contribution in [0.5, 0.6) is 5.75 Å². The maximum absolute atomic E-state index is 10.9. The van der Waals surface area contributed by atoms with Gasteiger partial charge in [-0.15, -0.1) is 0 Å². The Balaban J connectivity index is 2.74. The number of benzene rings is 1. The molecule has 0 saturated carbocycles. The summed E-state index contributed by atoms with van der Waals surface area (Å²) in [6.07, 6.45) is 1.38. The largest absolute Gasteiger partial charge is 0.507 e. The summed E-state index contributed by atoms with van der Waals surface area (Å²) in [5.74, 6) is -0.173. The van der Waals surface area contributed by atoms with Gasteiger partial charge in [0.05, 0.1) is 5.56 Å². The molecule has 0 aromatic heterocycles. The van der Waals surface area contributed by atoms with Crippen LogP contribution in [0.25, 0.3) is 0 Å². The minimum Gasteiger partial charge on any atom is -0.507 e. The van der Waals surface area contributed by atoms with Crippen LogP contribution in [0.3, 0.4) is 0 Å². The Morgan fingerprint density at radius 3 is 2.91 bits per heavy atom. The van der Waals surface area contributed by atoms with Crippen molar-refractivity contribution in [2.75, 3.05) is 0 Å². The van der Waals surface area contributed by atoms with Crippen LogP contribution in [0.2, 0.25) is 0 Å². The standard InChI is InChI=1S/C8H5NO2/c10-7-3-1-2-5-6(7)4-9-8(5)11/h1-4,10H. The fourth-order valence-corrected chi connectivity index (χ4v) is 1.07. The monoisotopic (exact) mass is 147 g/mol. The zero-order valence-electron chi connectivity index (χ0n) is 5.61. The first kappa shape index (κ1) is 6.09. The average molecular weight is 147 g/mol. The summed E-state index contributed by atoms with van der Waals surface area (Å²) in [5.41, 5.74) is 1.00. The molecule has 1 aliphatic heterocycles. The lowest BCUT2D eigenvalue weighted by Gasteiger charge is -1.96. The van der Waals surface area contributed by atoms with Crippen molar-refractivity contribution in [2.24, 2.45) is 4.99 Å². The summed E-state index contributed by atoms with van der Waals surface area (Å²) >= 11 is 0. The Morgan fingerprint density at radius 2 is 2.18 bits per heavy atom. The number of carbonyl (C=O) groups is 1. The number of amides is 1. The molecule has 1 amide bonds. The van der Waals surface area contributed by atoms with Gasteiger partial charge in [-0.1, -0.05) is 6.07 Å². The van der Waals surface area contributed by atoms with E-state index >= 15 is 0 Å². The van der Waals surface area contributed by atoms with Gasteiger partial charge in [-0.05, 0) is 12.1 Å². The van der Waals surface area contributed by atoms with E-state index in [-0.39, 0.29) is 11.7 Å². The number of hydrogen-bond donors (Lipinski definition) is 1. The van der Waals surface area contributed by atoms with E-state index in [0.717, 1.165) is 0 Å². The van der Waals surface area contributed by atoms with Crippen LogP contribution < -0.4 is 0 Å². The highest BCUT2D eigenvalue weighted by Crippen LogP contribution is 2.23. The third-order valence-corrected chi connectivity index (χ3v) is 1.62. The van der Waals surface area contributed by atoms with Crippen LogP contribution in [0.15, 0.2) is 23.2 Å². The molecule has 1 aromatic carbocycles. The molecule has 0 aliphatic carbocycles. The van der Waals surface area contributed by atoms with E-state index < -0.39 is 0 Å². The number of nitrogens with zero attached hydrogens (tertiary/aromatic N) is 1. The molecule has 54 valence electrons. The van der Waals surface area contributed by atoms with E-state index in [1.807, 2.05) is 0 Å². The summed E-state index contributed by atoms with van der Waals surface area (Å²) in [6, 6.07) is 4.80. The van der Waals surface area contributed by atoms with Gasteiger partial charge in [0.1, 0.15) is 5.75 Å². The third kappa shape index (κ3) is 0.741. The second-order valence-electron chi connectivity index (χ2n) is 2.30. The van der Waals surface area contributed by atoms with Crippen LogP contribution in [0.1, 0.15) is 15.9 Å². The third-order valence-electron chi connectivity index (χ3n) is 1.62. The van der Waals surface area contributed by atoms with Crippen molar-refractivity contribution in [1.29, 1.82) is 0 Å². The lowest BCUT2D eigenvalue weighted by Crippen LogP contribution is -1.90. The number of rotatable bonds is 0. The molecular weight excluding hydrogens is 142 g/mol. The molecular formula is C8H5NO2. The van der Waals surface area contributed by atoms with E-state index in [4.69, 9.17) is 0 Å². The number of hydrogen-bond acceptors (Lipinski definition) is 2. The van der Waals surface area contributed by atoms with Crippen molar-refractivity contribution in [3.8, 4) is 5.75 Å². The molecule has 0 spiro atoms. The van der Waals surface area contributed by atoms with Crippen molar-refractivity contribution < 1.29 is 9.90 Å². The molecule has 1 aliphatic rings. The SMILES string of the molecule is O=C1N=Cc2c(O)cccc21. The fourth-order valence-electron chi connectivity index (χ4n) is 1.07. The van der Waals surface area contributed by atoms with Crippen molar-refractivity contribution >= 4 is 12.1 Å². The first-order valence-corrected chi connectivity index (χ1v) is 3.19. The summed E-state index contributed by atoms with van der Waals surface area (Å²) < 4.78 is 0. The number of carbonyl (C=O) groups excluding carboxylic acids is 1. The number of phenolic OH excluding ortho intramolecular Hbond substituents is 1. The van der Waals surface area contributed by atoms with Crippen molar-refractivity contribution in [3.05, 3.63) is 29.3 Å². The molecule has 0 saturated heterocycles. The van der Waals surface area contributed by atoms with Crippen molar-refractivity contribution in [1.82, 2.24) is 0 Å². The molecule has 0 bridgehead atoms. The zero-order valence-corrected chi connectivity index (χ0v) is 5.61. The van der Waals surface area contributed by atoms with E-state index in [1.165, 1.54) is 12.3 Å². The molecule has 1 aromatic rings. The van der Waals surface area contributed by atoms with Gasteiger partial charge >= 0.3 is 0 Å². The van der Waals surface area contributed by atoms with Gasteiger partial charge in [0.15, 0.2) is 0 Å². The molecule has 0 unspecified atom stereocenters. The number of fused-ring (bicyclic) bond motifs is 1. The Hall–Kier alpha value is -1.64. The second kappa shape index (κ2) is 1.92. The highest BCUT2D eigenvalue weighted by atomic mass is 16.3. The Labute approximate surface area is 63.0 Å². The van der Waals surface area contributed by atoms with Crippen LogP contribution in [0, 0.1) is 0 Å². The molecule has 1 N–H and O–H groups in total. The first-order chi connectivity index (χ1) is 5.29. The Kier molecular flexibility index (Phi) is 1.06. The molecule has 3 heteroatoms. The van der Waals surface area contributed by atoms with Gasteiger partial charge in [-0.25, -0.2) is 4.99 Å². The summed E-state index contributed by atoms with van der Waals surface area (Å²) in [6.45, 7) is 0. The second-order valence-corrected chi connectivity index (χ2v) is 2.30. The summed E-state index contributed by atoms with van der Waals surface area (Å²) in [4.78, 5) is 14.4. The molecule has 0 atom stereocenters. The van der Waals surface area contributed by atoms with Gasteiger partial charge in [-0.3, -0.25) is 4.79 Å².